The van der Waals surface area contributed by atoms with Crippen molar-refractivity contribution in [1.82, 2.24) is 5.32 Å². The number of ether oxygens (including phenoxy) is 1. The molecule has 2 N–H and O–H groups in total. The number of nitrogens with zero attached hydrogens (tertiary/aromatic N) is 1. The average Bonchev–Trinajstić information content (AvgIpc) is 2.88. The van der Waals surface area contributed by atoms with Gasteiger partial charge >= 0.3 is 0 Å². The Kier molecular flexibility index (Phi) is 8.66. The summed E-state index contributed by atoms with van der Waals surface area (Å²) in [5, 5.41) is 6.06. The van der Waals surface area contributed by atoms with Crippen LogP contribution in [-0.2, 0) is 9.53 Å². The third-order valence-electron chi connectivity index (χ3n) is 6.30. The summed E-state index contributed by atoms with van der Waals surface area (Å²) in [5.41, 5.74) is 2.47. The molecule has 0 atom stereocenters. The number of thioether (sulfide) groups is 1. The Hall–Kier alpha value is -2.51. The van der Waals surface area contributed by atoms with Crippen molar-refractivity contribution >= 4 is 35.0 Å². The number of hydrogen-bond acceptors (Lipinski definition) is 5. The van der Waals surface area contributed by atoms with Crippen LogP contribution in [0.5, 0.6) is 0 Å². The van der Waals surface area contributed by atoms with Gasteiger partial charge in [-0.25, -0.2) is 0 Å². The molecular weight excluding hydrogens is 434 g/mol. The van der Waals surface area contributed by atoms with Crippen LogP contribution in [0.3, 0.4) is 0 Å². The molecule has 2 aromatic rings. The summed E-state index contributed by atoms with van der Waals surface area (Å²) in [6, 6.07) is 15.4. The highest BCUT2D eigenvalue weighted by atomic mass is 32.2. The van der Waals surface area contributed by atoms with Gasteiger partial charge in [0.25, 0.3) is 5.91 Å². The second-order valence-corrected chi connectivity index (χ2v) is 9.71. The van der Waals surface area contributed by atoms with Crippen molar-refractivity contribution in [3.05, 3.63) is 54.1 Å². The van der Waals surface area contributed by atoms with E-state index in [1.54, 1.807) is 6.07 Å². The summed E-state index contributed by atoms with van der Waals surface area (Å²) in [7, 11) is 0. The monoisotopic (exact) mass is 467 g/mol. The molecule has 0 radical (unpaired) electrons. The molecule has 1 heterocycles. The average molecular weight is 468 g/mol. The van der Waals surface area contributed by atoms with Crippen LogP contribution in [0, 0.1) is 5.92 Å². The summed E-state index contributed by atoms with van der Waals surface area (Å²) in [4.78, 5) is 28.4. The Bertz CT molecular complexity index is 923. The third kappa shape index (κ3) is 6.98. The highest BCUT2D eigenvalue weighted by Gasteiger charge is 2.16. The maximum atomic E-state index is 12.9. The number of benzene rings is 2. The van der Waals surface area contributed by atoms with E-state index in [4.69, 9.17) is 4.74 Å². The Morgan fingerprint density at radius 3 is 2.45 bits per heavy atom. The van der Waals surface area contributed by atoms with Crippen LogP contribution in [-0.4, -0.2) is 50.4 Å². The lowest BCUT2D eigenvalue weighted by molar-refractivity contribution is -0.118. The van der Waals surface area contributed by atoms with Crippen LogP contribution in [0.25, 0.3) is 0 Å². The van der Waals surface area contributed by atoms with Crippen LogP contribution in [0.2, 0.25) is 0 Å². The number of anilines is 2. The first kappa shape index (κ1) is 23.6. The molecule has 1 aliphatic carbocycles. The molecule has 7 heteroatoms. The van der Waals surface area contributed by atoms with Gasteiger partial charge in [-0.05, 0) is 55.2 Å². The van der Waals surface area contributed by atoms with Gasteiger partial charge in [-0.15, -0.1) is 11.8 Å². The summed E-state index contributed by atoms with van der Waals surface area (Å²) in [6.07, 6.45) is 6.28. The molecular formula is C26H33N3O3S. The van der Waals surface area contributed by atoms with Gasteiger partial charge in [-0.1, -0.05) is 31.4 Å². The number of carbonyl (C=O) groups excluding carboxylic acids is 2. The van der Waals surface area contributed by atoms with Crippen molar-refractivity contribution < 1.29 is 14.3 Å². The van der Waals surface area contributed by atoms with E-state index in [9.17, 15) is 9.59 Å². The van der Waals surface area contributed by atoms with Gasteiger partial charge in [0.2, 0.25) is 5.91 Å². The van der Waals surface area contributed by atoms with Crippen LogP contribution >= 0.6 is 11.8 Å². The molecule has 33 heavy (non-hydrogen) atoms. The van der Waals surface area contributed by atoms with Crippen LogP contribution in [0.1, 0.15) is 42.5 Å². The van der Waals surface area contributed by atoms with Crippen molar-refractivity contribution in [3.63, 3.8) is 0 Å². The summed E-state index contributed by atoms with van der Waals surface area (Å²) in [6.45, 7) is 4.01. The molecule has 0 bridgehead atoms. The van der Waals surface area contributed by atoms with Crippen LogP contribution in [0.4, 0.5) is 11.4 Å². The number of morpholine rings is 1. The molecule has 2 amide bonds. The van der Waals surface area contributed by atoms with Gasteiger partial charge in [-0.2, -0.15) is 0 Å². The van der Waals surface area contributed by atoms with Gasteiger partial charge in [0.1, 0.15) is 0 Å². The minimum absolute atomic E-state index is 0.0273. The predicted molar refractivity (Wildman–Crippen MR) is 134 cm³/mol. The number of nitrogens with one attached hydrogen (secondary N) is 2. The fourth-order valence-electron chi connectivity index (χ4n) is 4.40. The first-order valence-corrected chi connectivity index (χ1v) is 12.9. The van der Waals surface area contributed by atoms with Gasteiger partial charge in [0.15, 0.2) is 0 Å². The maximum absolute atomic E-state index is 12.9. The Morgan fingerprint density at radius 1 is 0.970 bits per heavy atom. The molecule has 1 saturated carbocycles. The Balaban J connectivity index is 1.29. The summed E-state index contributed by atoms with van der Waals surface area (Å²) >= 11 is 1.41. The molecule has 0 unspecified atom stereocenters. The molecule has 2 fully saturated rings. The highest BCUT2D eigenvalue weighted by Crippen LogP contribution is 2.25. The number of rotatable bonds is 8. The van der Waals surface area contributed by atoms with Crippen molar-refractivity contribution in [1.29, 1.82) is 0 Å². The smallest absolute Gasteiger partial charge is 0.256 e. The normalized spacial score (nSPS) is 16.9. The molecule has 2 aromatic carbocycles. The third-order valence-corrected chi connectivity index (χ3v) is 7.38. The summed E-state index contributed by atoms with van der Waals surface area (Å²) < 4.78 is 5.41. The molecule has 1 aliphatic heterocycles. The Morgan fingerprint density at radius 2 is 1.70 bits per heavy atom. The lowest BCUT2D eigenvalue weighted by Crippen LogP contribution is -2.36. The van der Waals surface area contributed by atoms with Gasteiger partial charge in [0, 0.05) is 35.9 Å². The first-order valence-electron chi connectivity index (χ1n) is 11.9. The van der Waals surface area contributed by atoms with E-state index in [0.717, 1.165) is 49.1 Å². The summed E-state index contributed by atoms with van der Waals surface area (Å²) in [5.74, 6) is 0.783. The van der Waals surface area contributed by atoms with E-state index in [1.165, 1.54) is 43.9 Å². The predicted octanol–water partition coefficient (Wildman–Crippen LogP) is 4.56. The zero-order chi connectivity index (χ0) is 22.9. The standard InChI is InChI=1S/C26H33N3O3S/c30-25(27-18-20-6-2-1-3-7-20)19-33-24-9-5-4-8-23(24)26(31)28-21-10-12-22(13-11-21)29-14-16-32-17-15-29/h4-5,8-13,20H,1-3,6-7,14-19H2,(H,27,30)(H,28,31). The molecule has 0 aromatic heterocycles. The molecule has 1 saturated heterocycles. The fraction of sp³-hybridized carbons (Fsp3) is 0.462. The van der Waals surface area contributed by atoms with E-state index < -0.39 is 0 Å². The molecule has 0 spiro atoms. The van der Waals surface area contributed by atoms with Crippen molar-refractivity contribution in [2.45, 2.75) is 37.0 Å². The topological polar surface area (TPSA) is 70.7 Å². The van der Waals surface area contributed by atoms with E-state index in [1.807, 2.05) is 42.5 Å². The second kappa shape index (κ2) is 12.1. The van der Waals surface area contributed by atoms with E-state index in [2.05, 4.69) is 15.5 Å². The van der Waals surface area contributed by atoms with Crippen molar-refractivity contribution in [3.8, 4) is 0 Å². The molecule has 6 nitrogen and oxygen atoms in total. The first-order chi connectivity index (χ1) is 16.2. The van der Waals surface area contributed by atoms with Gasteiger partial charge in [-0.3, -0.25) is 9.59 Å². The second-order valence-electron chi connectivity index (χ2n) is 8.69. The molecule has 2 aliphatic rings. The number of carbonyl (C=O) groups is 2. The zero-order valence-corrected chi connectivity index (χ0v) is 19.9. The minimum Gasteiger partial charge on any atom is -0.378 e. The number of amides is 2. The van der Waals surface area contributed by atoms with E-state index >= 15 is 0 Å². The SMILES string of the molecule is O=C(CSc1ccccc1C(=O)Nc1ccc(N2CCOCC2)cc1)NCC1CCCCC1. The largest absolute Gasteiger partial charge is 0.378 e. The number of hydrogen-bond donors (Lipinski definition) is 2. The quantitative estimate of drug-likeness (QED) is 0.557. The van der Waals surface area contributed by atoms with Gasteiger partial charge < -0.3 is 20.3 Å². The molecule has 4 rings (SSSR count). The van der Waals surface area contributed by atoms with Crippen molar-refractivity contribution in [2.75, 3.05) is 48.8 Å². The Labute approximate surface area is 200 Å². The zero-order valence-electron chi connectivity index (χ0n) is 19.1. The van der Waals surface area contributed by atoms with Crippen molar-refractivity contribution in [2.24, 2.45) is 5.92 Å². The fourth-order valence-corrected chi connectivity index (χ4v) is 5.28. The molecule has 176 valence electrons. The highest BCUT2D eigenvalue weighted by molar-refractivity contribution is 8.00. The lowest BCUT2D eigenvalue weighted by atomic mass is 9.89. The van der Waals surface area contributed by atoms with Crippen LogP contribution < -0.4 is 15.5 Å². The lowest BCUT2D eigenvalue weighted by Gasteiger charge is -2.28. The maximum Gasteiger partial charge on any atom is 0.256 e. The van der Waals surface area contributed by atoms with E-state index in [0.29, 0.717) is 17.2 Å². The van der Waals surface area contributed by atoms with Gasteiger partial charge in [0.05, 0.1) is 24.5 Å². The van der Waals surface area contributed by atoms with E-state index in [-0.39, 0.29) is 11.8 Å². The minimum atomic E-state index is -0.167. The van der Waals surface area contributed by atoms with Crippen LogP contribution in [0.15, 0.2) is 53.4 Å².